The van der Waals surface area contributed by atoms with Crippen LogP contribution in [0.1, 0.15) is 94.4 Å². The van der Waals surface area contributed by atoms with E-state index in [9.17, 15) is 14.4 Å². The lowest BCUT2D eigenvalue weighted by Crippen LogP contribution is -2.48. The fourth-order valence-electron chi connectivity index (χ4n) is 5.97. The van der Waals surface area contributed by atoms with Crippen molar-refractivity contribution in [3.05, 3.63) is 88.5 Å². The lowest BCUT2D eigenvalue weighted by molar-refractivity contribution is -0.163. The number of carbonyl (C=O) groups excluding carboxylic acids is 3. The number of allylic oxidation sites excluding steroid dienone is 2. The molecule has 2 aliphatic carbocycles. The topological polar surface area (TPSA) is 133 Å². The Bertz CT molecular complexity index is 1750. The van der Waals surface area contributed by atoms with Gasteiger partial charge in [0.15, 0.2) is 6.29 Å². The Morgan fingerprint density at radius 3 is 2.34 bits per heavy atom. The molecular weight excluding hydrogens is 695 g/mol. The van der Waals surface area contributed by atoms with E-state index >= 15 is 0 Å². The Morgan fingerprint density at radius 2 is 1.66 bits per heavy atom. The highest BCUT2D eigenvalue weighted by Crippen LogP contribution is 2.28. The molecule has 11 nitrogen and oxygen atoms in total. The zero-order chi connectivity index (χ0) is 38.0. The minimum absolute atomic E-state index is 0.109. The van der Waals surface area contributed by atoms with Gasteiger partial charge in [-0.15, -0.1) is 11.3 Å². The Balaban J connectivity index is 1.08. The molecular formula is C41H53N3O8S. The third kappa shape index (κ3) is 12.7. The number of nitrogens with one attached hydrogen (secondary N) is 3. The minimum Gasteiger partial charge on any atom is -0.461 e. The predicted octanol–water partition coefficient (Wildman–Crippen LogP) is 8.09. The molecule has 0 bridgehead atoms. The lowest BCUT2D eigenvalue weighted by Gasteiger charge is -2.28. The normalized spacial score (nSPS) is 17.3. The number of ether oxygens (including phenoxy) is 4. The van der Waals surface area contributed by atoms with Crippen molar-refractivity contribution in [2.45, 2.75) is 111 Å². The SMILES string of the molecule is CC(C)COC(C)ONC(=O)c1cc2ccc(CNCc3ccc(OC4=CCC([C@H](NC(=O)OC(C)(C)C)C(=O)OC5CCCC5)C=C4)cc3)cc2s1. The van der Waals surface area contributed by atoms with Gasteiger partial charge in [0.05, 0.1) is 11.5 Å². The van der Waals surface area contributed by atoms with Gasteiger partial charge in [-0.05, 0) is 119 Å². The summed E-state index contributed by atoms with van der Waals surface area (Å²) in [6.45, 7) is 13.1. The highest BCUT2D eigenvalue weighted by atomic mass is 32.1. The second-order valence-corrected chi connectivity index (χ2v) is 16.1. The number of esters is 1. The van der Waals surface area contributed by atoms with Crippen molar-refractivity contribution in [2.24, 2.45) is 11.8 Å². The van der Waals surface area contributed by atoms with Crippen molar-refractivity contribution < 1.29 is 38.2 Å². The smallest absolute Gasteiger partial charge is 0.408 e. The molecule has 3 aromatic rings. The van der Waals surface area contributed by atoms with E-state index < -0.39 is 30.0 Å². The summed E-state index contributed by atoms with van der Waals surface area (Å²) >= 11 is 1.42. The van der Waals surface area contributed by atoms with Gasteiger partial charge < -0.3 is 29.6 Å². The maximum atomic E-state index is 13.2. The first-order chi connectivity index (χ1) is 25.3. The highest BCUT2D eigenvalue weighted by Gasteiger charge is 2.34. The van der Waals surface area contributed by atoms with Crippen LogP contribution in [-0.2, 0) is 36.9 Å². The number of benzene rings is 2. The van der Waals surface area contributed by atoms with E-state index in [1.54, 1.807) is 27.7 Å². The van der Waals surface area contributed by atoms with E-state index in [4.69, 9.17) is 23.8 Å². The number of amides is 2. The molecule has 2 aromatic carbocycles. The molecule has 1 aromatic heterocycles. The zero-order valence-corrected chi connectivity index (χ0v) is 32.4. The summed E-state index contributed by atoms with van der Waals surface area (Å²) in [5.74, 6) is 0.693. The van der Waals surface area contributed by atoms with Crippen LogP contribution in [0.2, 0.25) is 0 Å². The van der Waals surface area contributed by atoms with E-state index in [2.05, 4.69) is 42.1 Å². The maximum absolute atomic E-state index is 13.2. The molecule has 1 heterocycles. The molecule has 3 atom stereocenters. The van der Waals surface area contributed by atoms with Crippen molar-refractivity contribution in [2.75, 3.05) is 6.61 Å². The van der Waals surface area contributed by atoms with Gasteiger partial charge in [-0.25, -0.2) is 19.9 Å². The number of hydrogen-bond acceptors (Lipinski definition) is 10. The van der Waals surface area contributed by atoms with Gasteiger partial charge in [0.25, 0.3) is 5.91 Å². The third-order valence-corrected chi connectivity index (χ3v) is 9.74. The number of hydrogen-bond donors (Lipinski definition) is 3. The standard InChI is InChI=1S/C41H53N3O8S/c1-26(2)25-48-27(3)52-44-38(45)36-22-31-14-11-29(21-35(31)53-36)24-42-23-28-12-17-33(18-13-28)49-34-19-15-30(16-20-34)37(43-40(47)51-41(4,5)6)39(46)50-32-9-7-8-10-32/h11-15,17-22,26-27,30,32,37,42H,7-10,16,23-25H2,1-6H3,(H,43,47)(H,44,45)/t27?,30?,37-/m0/s1. The zero-order valence-electron chi connectivity index (χ0n) is 31.6. The summed E-state index contributed by atoms with van der Waals surface area (Å²) < 4.78 is 23.9. The summed E-state index contributed by atoms with van der Waals surface area (Å²) in [6, 6.07) is 15.1. The summed E-state index contributed by atoms with van der Waals surface area (Å²) in [7, 11) is 0. The first-order valence-electron chi connectivity index (χ1n) is 18.5. The van der Waals surface area contributed by atoms with Crippen molar-refractivity contribution in [3.8, 4) is 5.75 Å². The van der Waals surface area contributed by atoms with Gasteiger partial charge in [-0.1, -0.05) is 44.2 Å². The molecule has 2 aliphatic rings. The van der Waals surface area contributed by atoms with Gasteiger partial charge in [0, 0.05) is 23.7 Å². The molecule has 0 radical (unpaired) electrons. The van der Waals surface area contributed by atoms with Gasteiger partial charge in [-0.2, -0.15) is 0 Å². The number of carbonyl (C=O) groups is 3. The second-order valence-electron chi connectivity index (χ2n) is 15.0. The van der Waals surface area contributed by atoms with Crippen LogP contribution in [-0.4, -0.2) is 48.6 Å². The Hall–Kier alpha value is -4.23. The molecule has 5 rings (SSSR count). The molecule has 0 spiro atoms. The Kier molecular flexibility index (Phi) is 14.1. The van der Waals surface area contributed by atoms with E-state index in [0.29, 0.717) is 48.4 Å². The second kappa shape index (κ2) is 18.7. The van der Waals surface area contributed by atoms with E-state index in [1.807, 2.05) is 54.6 Å². The molecule has 3 N–H and O–H groups in total. The molecule has 53 heavy (non-hydrogen) atoms. The first kappa shape index (κ1) is 40.0. The largest absolute Gasteiger partial charge is 0.461 e. The average Bonchev–Trinajstić information content (AvgIpc) is 3.79. The van der Waals surface area contributed by atoms with Crippen LogP contribution >= 0.6 is 11.3 Å². The predicted molar refractivity (Wildman–Crippen MR) is 205 cm³/mol. The first-order valence-corrected chi connectivity index (χ1v) is 19.3. The highest BCUT2D eigenvalue weighted by molar-refractivity contribution is 7.20. The van der Waals surface area contributed by atoms with Crippen LogP contribution in [0.3, 0.4) is 0 Å². The molecule has 1 saturated carbocycles. The van der Waals surface area contributed by atoms with Gasteiger partial charge >= 0.3 is 12.1 Å². The van der Waals surface area contributed by atoms with Crippen LogP contribution in [0, 0.1) is 11.8 Å². The van der Waals surface area contributed by atoms with Crippen LogP contribution < -0.4 is 20.9 Å². The fraction of sp³-hybridized carbons (Fsp3) is 0.488. The van der Waals surface area contributed by atoms with Crippen LogP contribution in [0.15, 0.2) is 72.5 Å². The quantitative estimate of drug-likeness (QED) is 0.0756. The maximum Gasteiger partial charge on any atom is 0.408 e. The minimum atomic E-state index is -0.869. The van der Waals surface area contributed by atoms with Crippen molar-refractivity contribution in [1.29, 1.82) is 0 Å². The number of alkyl carbamates (subject to hydrolysis) is 1. The summed E-state index contributed by atoms with van der Waals surface area (Å²) in [4.78, 5) is 44.4. The van der Waals surface area contributed by atoms with Gasteiger partial charge in [-0.3, -0.25) is 4.79 Å². The molecule has 12 heteroatoms. The van der Waals surface area contributed by atoms with E-state index in [0.717, 1.165) is 46.9 Å². The van der Waals surface area contributed by atoms with Crippen LogP contribution in [0.5, 0.6) is 5.75 Å². The molecule has 286 valence electrons. The Morgan fingerprint density at radius 1 is 0.943 bits per heavy atom. The number of thiophene rings is 1. The average molecular weight is 748 g/mol. The molecule has 2 unspecified atom stereocenters. The molecule has 0 saturated heterocycles. The third-order valence-electron chi connectivity index (χ3n) is 8.65. The summed E-state index contributed by atoms with van der Waals surface area (Å²) in [6.07, 6.45) is 8.60. The fourth-order valence-corrected chi connectivity index (χ4v) is 6.98. The van der Waals surface area contributed by atoms with Gasteiger partial charge in [0.2, 0.25) is 0 Å². The summed E-state index contributed by atoms with van der Waals surface area (Å²) in [5, 5.41) is 7.25. The van der Waals surface area contributed by atoms with Crippen LogP contribution in [0.4, 0.5) is 4.79 Å². The molecule has 0 aliphatic heterocycles. The number of hydroxylamine groups is 1. The van der Waals surface area contributed by atoms with Crippen molar-refractivity contribution in [1.82, 2.24) is 16.1 Å². The number of fused-ring (bicyclic) bond motifs is 1. The van der Waals surface area contributed by atoms with Crippen molar-refractivity contribution in [3.63, 3.8) is 0 Å². The van der Waals surface area contributed by atoms with E-state index in [-0.39, 0.29) is 17.9 Å². The number of rotatable bonds is 16. The van der Waals surface area contributed by atoms with Crippen molar-refractivity contribution >= 4 is 39.4 Å². The molecule has 1 fully saturated rings. The van der Waals surface area contributed by atoms with Crippen LogP contribution in [0.25, 0.3) is 10.1 Å². The Labute approximate surface area is 316 Å². The lowest BCUT2D eigenvalue weighted by atomic mass is 9.92. The van der Waals surface area contributed by atoms with Gasteiger partial charge in [0.1, 0.15) is 29.3 Å². The monoisotopic (exact) mass is 747 g/mol. The molecule has 2 amide bonds. The summed E-state index contributed by atoms with van der Waals surface area (Å²) in [5.41, 5.74) is 4.02. The van der Waals surface area contributed by atoms with E-state index in [1.165, 1.54) is 11.3 Å².